The van der Waals surface area contributed by atoms with E-state index in [0.29, 0.717) is 5.69 Å². The monoisotopic (exact) mass is 289 g/mol. The fourth-order valence-electron chi connectivity index (χ4n) is 1.88. The summed E-state index contributed by atoms with van der Waals surface area (Å²) < 4.78 is 5.31. The lowest BCUT2D eigenvalue weighted by Gasteiger charge is -2.10. The Balaban J connectivity index is 2.13. The van der Waals surface area contributed by atoms with E-state index in [1.54, 1.807) is 18.2 Å². The minimum absolute atomic E-state index is 0.220. The molecule has 0 aliphatic carbocycles. The fourth-order valence-corrected chi connectivity index (χ4v) is 2.09. The van der Waals surface area contributed by atoms with E-state index >= 15 is 0 Å². The summed E-state index contributed by atoms with van der Waals surface area (Å²) in [4.78, 5) is 12.0. The van der Waals surface area contributed by atoms with Crippen LogP contribution in [0.5, 0.6) is 0 Å². The SMILES string of the molecule is Cc1ccc(C)c(COC(=O)c2cccc(N)c2Cl)c1. The first-order chi connectivity index (χ1) is 9.49. The average Bonchev–Trinajstić information content (AvgIpc) is 2.42. The lowest BCUT2D eigenvalue weighted by molar-refractivity contribution is 0.0472. The zero-order chi connectivity index (χ0) is 14.7. The van der Waals surface area contributed by atoms with E-state index in [2.05, 4.69) is 0 Å². The number of carbonyl (C=O) groups excluding carboxylic acids is 1. The predicted molar refractivity (Wildman–Crippen MR) is 80.9 cm³/mol. The van der Waals surface area contributed by atoms with Crippen molar-refractivity contribution in [2.75, 3.05) is 5.73 Å². The van der Waals surface area contributed by atoms with Gasteiger partial charge in [0, 0.05) is 0 Å². The van der Waals surface area contributed by atoms with Gasteiger partial charge in [-0.2, -0.15) is 0 Å². The van der Waals surface area contributed by atoms with Crippen LogP contribution in [-0.4, -0.2) is 5.97 Å². The van der Waals surface area contributed by atoms with Crippen molar-refractivity contribution in [2.45, 2.75) is 20.5 Å². The van der Waals surface area contributed by atoms with Crippen molar-refractivity contribution in [2.24, 2.45) is 0 Å². The van der Waals surface area contributed by atoms with E-state index in [9.17, 15) is 4.79 Å². The number of hydrogen-bond donors (Lipinski definition) is 1. The van der Waals surface area contributed by atoms with Gasteiger partial charge < -0.3 is 10.5 Å². The summed E-state index contributed by atoms with van der Waals surface area (Å²) in [5.74, 6) is -0.469. The molecule has 20 heavy (non-hydrogen) atoms. The number of nitrogens with two attached hydrogens (primary N) is 1. The minimum Gasteiger partial charge on any atom is -0.457 e. The molecule has 0 saturated carbocycles. The zero-order valence-electron chi connectivity index (χ0n) is 11.4. The number of nitrogen functional groups attached to an aromatic ring is 1. The number of carbonyl (C=O) groups is 1. The summed E-state index contributed by atoms with van der Waals surface area (Å²) >= 11 is 6.00. The van der Waals surface area contributed by atoms with Crippen molar-refractivity contribution in [1.82, 2.24) is 0 Å². The molecule has 0 aliphatic rings. The van der Waals surface area contributed by atoms with Crippen LogP contribution in [-0.2, 0) is 11.3 Å². The third-order valence-corrected chi connectivity index (χ3v) is 3.53. The van der Waals surface area contributed by atoms with Crippen LogP contribution in [0.15, 0.2) is 36.4 Å². The van der Waals surface area contributed by atoms with Crippen LogP contribution in [0.4, 0.5) is 5.69 Å². The van der Waals surface area contributed by atoms with Gasteiger partial charge in [0.05, 0.1) is 16.3 Å². The molecule has 0 aromatic heterocycles. The maximum Gasteiger partial charge on any atom is 0.340 e. The molecule has 0 aliphatic heterocycles. The van der Waals surface area contributed by atoms with Gasteiger partial charge in [-0.3, -0.25) is 0 Å². The molecule has 0 fully saturated rings. The number of esters is 1. The standard InChI is InChI=1S/C16H16ClNO2/c1-10-6-7-11(2)12(8-10)9-20-16(19)13-4-3-5-14(18)15(13)17/h3-8H,9,18H2,1-2H3. The molecule has 0 heterocycles. The van der Waals surface area contributed by atoms with Crippen molar-refractivity contribution in [3.63, 3.8) is 0 Å². The van der Waals surface area contributed by atoms with E-state index < -0.39 is 5.97 Å². The molecule has 0 spiro atoms. The minimum atomic E-state index is -0.469. The third kappa shape index (κ3) is 3.11. The van der Waals surface area contributed by atoms with Gasteiger partial charge in [0.15, 0.2) is 0 Å². The van der Waals surface area contributed by atoms with Crippen LogP contribution < -0.4 is 5.73 Å². The van der Waals surface area contributed by atoms with Gasteiger partial charge >= 0.3 is 5.97 Å². The number of benzene rings is 2. The number of ether oxygens (including phenoxy) is 1. The number of rotatable bonds is 3. The highest BCUT2D eigenvalue weighted by molar-refractivity contribution is 6.36. The second kappa shape index (κ2) is 5.97. The normalized spacial score (nSPS) is 10.3. The molecule has 4 heteroatoms. The number of halogens is 1. The van der Waals surface area contributed by atoms with Crippen LogP contribution >= 0.6 is 11.6 Å². The van der Waals surface area contributed by atoms with E-state index in [1.807, 2.05) is 32.0 Å². The smallest absolute Gasteiger partial charge is 0.340 e. The molecule has 0 atom stereocenters. The number of anilines is 1. The first-order valence-corrected chi connectivity index (χ1v) is 6.64. The van der Waals surface area contributed by atoms with Crippen LogP contribution in [0.2, 0.25) is 5.02 Å². The molecule has 0 saturated heterocycles. The molecule has 0 radical (unpaired) electrons. The van der Waals surface area contributed by atoms with Gasteiger partial charge in [-0.1, -0.05) is 41.4 Å². The van der Waals surface area contributed by atoms with Gasteiger partial charge in [-0.05, 0) is 37.1 Å². The van der Waals surface area contributed by atoms with Gasteiger partial charge in [0.1, 0.15) is 6.61 Å². The summed E-state index contributed by atoms with van der Waals surface area (Å²) in [5, 5.41) is 0.235. The largest absolute Gasteiger partial charge is 0.457 e. The Labute approximate surface area is 123 Å². The van der Waals surface area contributed by atoms with Crippen molar-refractivity contribution in [3.8, 4) is 0 Å². The second-order valence-electron chi connectivity index (χ2n) is 4.71. The highest BCUT2D eigenvalue weighted by Gasteiger charge is 2.14. The molecule has 0 amide bonds. The molecule has 104 valence electrons. The molecule has 2 aromatic carbocycles. The molecule has 2 N–H and O–H groups in total. The summed E-state index contributed by atoms with van der Waals surface area (Å²) in [6.45, 7) is 4.20. The van der Waals surface area contributed by atoms with Crippen LogP contribution in [0, 0.1) is 13.8 Å². The molecular weight excluding hydrogens is 274 g/mol. The summed E-state index contributed by atoms with van der Waals surface area (Å²) in [6, 6.07) is 11.0. The summed E-state index contributed by atoms with van der Waals surface area (Å²) in [5.41, 5.74) is 9.53. The summed E-state index contributed by atoms with van der Waals surface area (Å²) in [7, 11) is 0. The lowest BCUT2D eigenvalue weighted by Crippen LogP contribution is -2.07. The maximum absolute atomic E-state index is 12.0. The first kappa shape index (κ1) is 14.4. The Morgan fingerprint density at radius 3 is 2.75 bits per heavy atom. The predicted octanol–water partition coefficient (Wildman–Crippen LogP) is 3.90. The van der Waals surface area contributed by atoms with E-state index in [4.69, 9.17) is 22.1 Å². The fraction of sp³-hybridized carbons (Fsp3) is 0.188. The van der Waals surface area contributed by atoms with E-state index in [0.717, 1.165) is 16.7 Å². The zero-order valence-corrected chi connectivity index (χ0v) is 12.2. The average molecular weight is 290 g/mol. The maximum atomic E-state index is 12.0. The lowest BCUT2D eigenvalue weighted by atomic mass is 10.1. The molecule has 0 bridgehead atoms. The molecule has 2 aromatic rings. The van der Waals surface area contributed by atoms with Crippen LogP contribution in [0.1, 0.15) is 27.0 Å². The van der Waals surface area contributed by atoms with Crippen molar-refractivity contribution in [3.05, 3.63) is 63.7 Å². The van der Waals surface area contributed by atoms with E-state index in [-0.39, 0.29) is 17.2 Å². The first-order valence-electron chi connectivity index (χ1n) is 6.26. The van der Waals surface area contributed by atoms with Gasteiger partial charge in [0.2, 0.25) is 0 Å². The highest BCUT2D eigenvalue weighted by atomic mass is 35.5. The van der Waals surface area contributed by atoms with Gasteiger partial charge in [-0.25, -0.2) is 4.79 Å². The quantitative estimate of drug-likeness (QED) is 0.689. The Morgan fingerprint density at radius 1 is 1.25 bits per heavy atom. The van der Waals surface area contributed by atoms with Crippen LogP contribution in [0.3, 0.4) is 0 Å². The number of hydrogen-bond acceptors (Lipinski definition) is 3. The number of aryl methyl sites for hydroxylation is 2. The van der Waals surface area contributed by atoms with Gasteiger partial charge in [0.25, 0.3) is 0 Å². The highest BCUT2D eigenvalue weighted by Crippen LogP contribution is 2.24. The van der Waals surface area contributed by atoms with Crippen LogP contribution in [0.25, 0.3) is 0 Å². The Bertz CT molecular complexity index is 653. The molecular formula is C16H16ClNO2. The molecule has 0 unspecified atom stereocenters. The second-order valence-corrected chi connectivity index (χ2v) is 5.09. The third-order valence-electron chi connectivity index (χ3n) is 3.11. The van der Waals surface area contributed by atoms with E-state index in [1.165, 1.54) is 0 Å². The topological polar surface area (TPSA) is 52.3 Å². The Hall–Kier alpha value is -2.00. The Kier molecular flexibility index (Phi) is 4.30. The summed E-state index contributed by atoms with van der Waals surface area (Å²) in [6.07, 6.45) is 0. The molecule has 3 nitrogen and oxygen atoms in total. The van der Waals surface area contributed by atoms with Gasteiger partial charge in [-0.15, -0.1) is 0 Å². The van der Waals surface area contributed by atoms with Crippen molar-refractivity contribution >= 4 is 23.3 Å². The Morgan fingerprint density at radius 2 is 2.00 bits per heavy atom. The van der Waals surface area contributed by atoms with Crippen molar-refractivity contribution < 1.29 is 9.53 Å². The van der Waals surface area contributed by atoms with Crippen molar-refractivity contribution in [1.29, 1.82) is 0 Å². The molecule has 2 rings (SSSR count).